The van der Waals surface area contributed by atoms with Crippen molar-refractivity contribution in [3.8, 4) is 21.8 Å². The van der Waals surface area contributed by atoms with E-state index in [0.717, 1.165) is 22.2 Å². The van der Waals surface area contributed by atoms with Crippen LogP contribution in [0.4, 0.5) is 0 Å². The van der Waals surface area contributed by atoms with Crippen molar-refractivity contribution in [2.75, 3.05) is 0 Å². The van der Waals surface area contributed by atoms with Gasteiger partial charge in [0.15, 0.2) is 0 Å². The first kappa shape index (κ1) is 11.3. The molecule has 0 aliphatic rings. The summed E-state index contributed by atoms with van der Waals surface area (Å²) in [7, 11) is 0. The molecule has 0 fully saturated rings. The van der Waals surface area contributed by atoms with Gasteiger partial charge in [0.2, 0.25) is 5.43 Å². The van der Waals surface area contributed by atoms with Crippen LogP contribution in [0.25, 0.3) is 21.8 Å². The van der Waals surface area contributed by atoms with Crippen LogP contribution in [0, 0.1) is 0 Å². The summed E-state index contributed by atoms with van der Waals surface area (Å²) in [6, 6.07) is 13.3. The van der Waals surface area contributed by atoms with Gasteiger partial charge in [-0.2, -0.15) is 8.75 Å². The lowest BCUT2D eigenvalue weighted by Crippen LogP contribution is -2.09. The van der Waals surface area contributed by atoms with Crippen molar-refractivity contribution < 1.29 is 0 Å². The SMILES string of the molecule is O=c1c(-c2ccccc2)nsnc1-c1cccs1. The van der Waals surface area contributed by atoms with E-state index in [1.165, 1.54) is 11.3 Å². The molecule has 0 saturated carbocycles. The van der Waals surface area contributed by atoms with Crippen LogP contribution in [0.3, 0.4) is 0 Å². The van der Waals surface area contributed by atoms with Gasteiger partial charge in [0.25, 0.3) is 0 Å². The minimum Gasteiger partial charge on any atom is -0.285 e. The number of aromatic nitrogens is 2. The number of rotatable bonds is 2. The van der Waals surface area contributed by atoms with E-state index < -0.39 is 0 Å². The first-order valence-electron chi connectivity index (χ1n) is 5.32. The Labute approximate surface area is 112 Å². The molecule has 0 unspecified atom stereocenters. The quantitative estimate of drug-likeness (QED) is 0.719. The Morgan fingerprint density at radius 1 is 0.889 bits per heavy atom. The van der Waals surface area contributed by atoms with Crippen molar-refractivity contribution in [2.45, 2.75) is 0 Å². The molecule has 18 heavy (non-hydrogen) atoms. The Balaban J connectivity index is 2.20. The Hall–Kier alpha value is -1.85. The Morgan fingerprint density at radius 3 is 2.39 bits per heavy atom. The molecule has 2 heterocycles. The Kier molecular flexibility index (Phi) is 3.00. The molecule has 5 heteroatoms. The molecule has 3 rings (SSSR count). The molecule has 0 amide bonds. The normalized spacial score (nSPS) is 10.4. The van der Waals surface area contributed by atoms with Crippen molar-refractivity contribution >= 4 is 23.1 Å². The van der Waals surface area contributed by atoms with Gasteiger partial charge in [-0.25, -0.2) is 0 Å². The van der Waals surface area contributed by atoms with Gasteiger partial charge in [-0.1, -0.05) is 36.4 Å². The third-order valence-corrected chi connectivity index (χ3v) is 3.90. The molecule has 0 N–H and O–H groups in total. The summed E-state index contributed by atoms with van der Waals surface area (Å²) in [5, 5.41) is 1.93. The predicted molar refractivity (Wildman–Crippen MR) is 74.9 cm³/mol. The number of hydrogen-bond acceptors (Lipinski definition) is 5. The van der Waals surface area contributed by atoms with Crippen LogP contribution < -0.4 is 5.43 Å². The van der Waals surface area contributed by atoms with Crippen LogP contribution in [0.5, 0.6) is 0 Å². The highest BCUT2D eigenvalue weighted by atomic mass is 32.1. The molecular formula is C13H8N2OS2. The average molecular weight is 272 g/mol. The van der Waals surface area contributed by atoms with Crippen LogP contribution >= 0.6 is 23.1 Å². The summed E-state index contributed by atoms with van der Waals surface area (Å²) >= 11 is 2.58. The van der Waals surface area contributed by atoms with Gasteiger partial charge in [0.05, 0.1) is 16.6 Å². The average Bonchev–Trinajstić information content (AvgIpc) is 2.94. The molecule has 3 aromatic rings. The van der Waals surface area contributed by atoms with E-state index in [9.17, 15) is 4.79 Å². The topological polar surface area (TPSA) is 42.9 Å². The maximum Gasteiger partial charge on any atom is 0.233 e. The van der Waals surface area contributed by atoms with Gasteiger partial charge < -0.3 is 0 Å². The third-order valence-electron chi connectivity index (χ3n) is 2.50. The van der Waals surface area contributed by atoms with E-state index in [1.807, 2.05) is 47.8 Å². The van der Waals surface area contributed by atoms with E-state index in [2.05, 4.69) is 8.75 Å². The van der Waals surface area contributed by atoms with E-state index >= 15 is 0 Å². The standard InChI is InChI=1S/C13H8N2OS2/c16-13-11(9-5-2-1-3-6-9)14-18-15-12(13)10-7-4-8-17-10/h1-8H. The highest BCUT2D eigenvalue weighted by Gasteiger charge is 2.12. The molecular weight excluding hydrogens is 264 g/mol. The molecule has 2 aromatic heterocycles. The molecule has 0 bridgehead atoms. The summed E-state index contributed by atoms with van der Waals surface area (Å²) < 4.78 is 8.28. The minimum atomic E-state index is -0.109. The van der Waals surface area contributed by atoms with E-state index in [0.29, 0.717) is 11.4 Å². The molecule has 0 spiro atoms. The van der Waals surface area contributed by atoms with Crippen molar-refractivity contribution in [3.63, 3.8) is 0 Å². The maximum absolute atomic E-state index is 12.4. The fraction of sp³-hybridized carbons (Fsp3) is 0. The lowest BCUT2D eigenvalue weighted by atomic mass is 10.1. The summed E-state index contributed by atoms with van der Waals surface area (Å²) in [6.07, 6.45) is 0. The van der Waals surface area contributed by atoms with Crippen LogP contribution in [0.1, 0.15) is 0 Å². The second-order valence-electron chi connectivity index (χ2n) is 3.63. The molecule has 0 aliphatic heterocycles. The maximum atomic E-state index is 12.4. The van der Waals surface area contributed by atoms with E-state index in [4.69, 9.17) is 0 Å². The van der Waals surface area contributed by atoms with E-state index in [1.54, 1.807) is 0 Å². The van der Waals surface area contributed by atoms with Gasteiger partial charge in [0.1, 0.15) is 11.4 Å². The van der Waals surface area contributed by atoms with Crippen LogP contribution in [-0.2, 0) is 0 Å². The highest BCUT2D eigenvalue weighted by molar-refractivity contribution is 7.13. The van der Waals surface area contributed by atoms with Crippen molar-refractivity contribution in [1.82, 2.24) is 8.75 Å². The fourth-order valence-corrected chi connectivity index (χ4v) is 2.99. The molecule has 0 aliphatic carbocycles. The van der Waals surface area contributed by atoms with Gasteiger partial charge in [-0.3, -0.25) is 4.79 Å². The fourth-order valence-electron chi connectivity index (χ4n) is 1.65. The van der Waals surface area contributed by atoms with Gasteiger partial charge in [0, 0.05) is 5.56 Å². The smallest absolute Gasteiger partial charge is 0.233 e. The van der Waals surface area contributed by atoms with E-state index in [-0.39, 0.29) is 5.43 Å². The summed E-state index contributed by atoms with van der Waals surface area (Å²) in [4.78, 5) is 13.2. The van der Waals surface area contributed by atoms with Crippen LogP contribution in [0.15, 0.2) is 52.6 Å². The molecule has 88 valence electrons. The lowest BCUT2D eigenvalue weighted by molar-refractivity contribution is 1.35. The zero-order valence-corrected chi connectivity index (χ0v) is 10.9. The largest absolute Gasteiger partial charge is 0.285 e. The first-order chi connectivity index (χ1) is 8.86. The Morgan fingerprint density at radius 2 is 1.67 bits per heavy atom. The second kappa shape index (κ2) is 4.80. The minimum absolute atomic E-state index is 0.109. The Bertz CT molecular complexity index is 705. The lowest BCUT2D eigenvalue weighted by Gasteiger charge is -1.99. The zero-order valence-electron chi connectivity index (χ0n) is 9.24. The second-order valence-corrected chi connectivity index (χ2v) is 5.11. The van der Waals surface area contributed by atoms with Crippen molar-refractivity contribution in [2.24, 2.45) is 0 Å². The molecule has 0 radical (unpaired) electrons. The molecule has 1 aromatic carbocycles. The third kappa shape index (κ3) is 1.98. The van der Waals surface area contributed by atoms with Crippen molar-refractivity contribution in [1.29, 1.82) is 0 Å². The number of nitrogens with zero attached hydrogens (tertiary/aromatic N) is 2. The summed E-state index contributed by atoms with van der Waals surface area (Å²) in [5.41, 5.74) is 1.68. The summed E-state index contributed by atoms with van der Waals surface area (Å²) in [6.45, 7) is 0. The van der Waals surface area contributed by atoms with Gasteiger partial charge in [-0.15, -0.1) is 11.3 Å². The van der Waals surface area contributed by atoms with Gasteiger partial charge >= 0.3 is 0 Å². The first-order valence-corrected chi connectivity index (χ1v) is 6.93. The zero-order chi connectivity index (χ0) is 12.4. The number of thiophene rings is 1. The van der Waals surface area contributed by atoms with Crippen molar-refractivity contribution in [3.05, 3.63) is 58.1 Å². The molecule has 0 saturated heterocycles. The monoisotopic (exact) mass is 272 g/mol. The van der Waals surface area contributed by atoms with Crippen LogP contribution in [-0.4, -0.2) is 8.75 Å². The number of benzene rings is 1. The number of hydrogen-bond donors (Lipinski definition) is 0. The molecule has 0 atom stereocenters. The highest BCUT2D eigenvalue weighted by Crippen LogP contribution is 2.22. The summed E-state index contributed by atoms with van der Waals surface area (Å²) in [5.74, 6) is 0. The van der Waals surface area contributed by atoms with Gasteiger partial charge in [-0.05, 0) is 11.4 Å². The predicted octanol–water partition coefficient (Wildman–Crippen LogP) is 3.29. The van der Waals surface area contributed by atoms with Crippen LogP contribution in [0.2, 0.25) is 0 Å². The molecule has 3 nitrogen and oxygen atoms in total.